The maximum atomic E-state index is 10.2. The van der Waals surface area contributed by atoms with Crippen LogP contribution in [0.5, 0.6) is 0 Å². The first-order valence-electron chi connectivity index (χ1n) is 2.53. The van der Waals surface area contributed by atoms with Crippen molar-refractivity contribution >= 4 is 28.6 Å². The molecule has 0 aromatic carbocycles. The average molecular weight is 255 g/mol. The number of aromatic nitrogens is 1. The average Bonchev–Trinajstić information content (AvgIpc) is 1.88. The summed E-state index contributed by atoms with van der Waals surface area (Å²) in [5.74, 6) is -1.23. The molecule has 1 rings (SSSR count). The molecular formula is C6H3ILiNO2. The van der Waals surface area contributed by atoms with Crippen LogP contribution in [-0.4, -0.2) is 11.0 Å². The van der Waals surface area contributed by atoms with Crippen LogP contribution in [0.3, 0.4) is 0 Å². The van der Waals surface area contributed by atoms with E-state index < -0.39 is 5.97 Å². The molecular weight excluding hydrogens is 252 g/mol. The molecule has 0 amide bonds. The molecule has 3 nitrogen and oxygen atoms in total. The maximum absolute atomic E-state index is 10.2. The van der Waals surface area contributed by atoms with Crippen molar-refractivity contribution in [3.63, 3.8) is 0 Å². The number of carboxylic acid groups (broad SMARTS) is 1. The molecule has 0 atom stereocenters. The third kappa shape index (κ3) is 2.81. The summed E-state index contributed by atoms with van der Waals surface area (Å²) >= 11 is 1.89. The largest absolute Gasteiger partial charge is 1.00 e. The van der Waals surface area contributed by atoms with Gasteiger partial charge in [0.2, 0.25) is 0 Å². The van der Waals surface area contributed by atoms with E-state index in [1.54, 1.807) is 12.1 Å². The van der Waals surface area contributed by atoms with Crippen molar-refractivity contribution in [1.82, 2.24) is 4.98 Å². The number of aromatic carboxylic acids is 1. The van der Waals surface area contributed by atoms with Crippen molar-refractivity contribution < 1.29 is 28.8 Å². The molecule has 52 valence electrons. The summed E-state index contributed by atoms with van der Waals surface area (Å²) in [4.78, 5) is 13.9. The van der Waals surface area contributed by atoms with Gasteiger partial charge in [0, 0.05) is 9.77 Å². The van der Waals surface area contributed by atoms with Gasteiger partial charge in [0.25, 0.3) is 0 Å². The van der Waals surface area contributed by atoms with Crippen LogP contribution in [0.4, 0.5) is 0 Å². The second-order valence-electron chi connectivity index (χ2n) is 1.62. The van der Waals surface area contributed by atoms with Crippen molar-refractivity contribution in [2.45, 2.75) is 0 Å². The molecule has 11 heavy (non-hydrogen) atoms. The Kier molecular flexibility index (Phi) is 4.73. The summed E-state index contributed by atoms with van der Waals surface area (Å²) in [6.45, 7) is 0. The Hall–Kier alpha value is -0.0526. The van der Waals surface area contributed by atoms with Gasteiger partial charge in [0.05, 0.1) is 11.7 Å². The van der Waals surface area contributed by atoms with Gasteiger partial charge in [-0.2, -0.15) is 0 Å². The molecule has 0 saturated carbocycles. The fourth-order valence-corrected chi connectivity index (χ4v) is 1.10. The van der Waals surface area contributed by atoms with E-state index in [0.717, 1.165) is 0 Å². The van der Waals surface area contributed by atoms with Crippen molar-refractivity contribution in [2.75, 3.05) is 0 Å². The molecule has 0 aliphatic heterocycles. The van der Waals surface area contributed by atoms with Gasteiger partial charge in [-0.3, -0.25) is 4.98 Å². The van der Waals surface area contributed by atoms with Crippen molar-refractivity contribution in [1.29, 1.82) is 0 Å². The first-order chi connectivity index (χ1) is 4.72. The van der Waals surface area contributed by atoms with Crippen LogP contribution < -0.4 is 24.0 Å². The van der Waals surface area contributed by atoms with Gasteiger partial charge in [-0.05, 0) is 34.7 Å². The standard InChI is InChI=1S/C6H4INO2.Li/c7-4-2-1-3-8-5(4)6(9)10;/h1-3H,(H,9,10);/q;+1/p-1. The fraction of sp³-hybridized carbons (Fsp3) is 0. The van der Waals surface area contributed by atoms with E-state index in [9.17, 15) is 9.90 Å². The fourth-order valence-electron chi connectivity index (χ4n) is 0.536. The minimum absolute atomic E-state index is 0. The zero-order valence-corrected chi connectivity index (χ0v) is 8.03. The van der Waals surface area contributed by atoms with Crippen molar-refractivity contribution in [3.05, 3.63) is 27.6 Å². The summed E-state index contributed by atoms with van der Waals surface area (Å²) in [7, 11) is 0. The molecule has 0 fully saturated rings. The molecule has 1 aromatic rings. The number of carboxylic acids is 1. The second-order valence-corrected chi connectivity index (χ2v) is 2.78. The monoisotopic (exact) mass is 255 g/mol. The van der Waals surface area contributed by atoms with Gasteiger partial charge in [-0.1, -0.05) is 0 Å². The summed E-state index contributed by atoms with van der Waals surface area (Å²) in [6, 6.07) is 3.34. The third-order valence-electron chi connectivity index (χ3n) is 0.952. The number of hydrogen-bond acceptors (Lipinski definition) is 3. The van der Waals surface area contributed by atoms with E-state index >= 15 is 0 Å². The Morgan fingerprint density at radius 3 is 2.64 bits per heavy atom. The Morgan fingerprint density at radius 2 is 2.27 bits per heavy atom. The van der Waals surface area contributed by atoms with Crippen molar-refractivity contribution in [3.8, 4) is 0 Å². The Balaban J connectivity index is 0.000001000. The smallest absolute Gasteiger partial charge is 0.543 e. The second kappa shape index (κ2) is 4.75. The molecule has 0 spiro atoms. The normalized spacial score (nSPS) is 8.45. The Morgan fingerprint density at radius 1 is 1.64 bits per heavy atom. The number of rotatable bonds is 1. The van der Waals surface area contributed by atoms with Crippen LogP contribution in [0, 0.1) is 3.57 Å². The maximum Gasteiger partial charge on any atom is 1.00 e. The van der Waals surface area contributed by atoms with Crippen LogP contribution >= 0.6 is 22.6 Å². The summed E-state index contributed by atoms with van der Waals surface area (Å²) in [5.41, 5.74) is 0.00287. The van der Waals surface area contributed by atoms with Gasteiger partial charge in [-0.25, -0.2) is 0 Å². The molecule has 0 unspecified atom stereocenters. The van der Waals surface area contributed by atoms with Crippen LogP contribution in [0.1, 0.15) is 10.5 Å². The molecule has 0 N–H and O–H groups in total. The third-order valence-corrected chi connectivity index (χ3v) is 1.82. The van der Waals surface area contributed by atoms with E-state index in [-0.39, 0.29) is 24.6 Å². The SMILES string of the molecule is O=C([O-])c1ncccc1I.[Li+]. The van der Waals surface area contributed by atoms with Crippen LogP contribution in [-0.2, 0) is 0 Å². The molecule has 1 aromatic heterocycles. The van der Waals surface area contributed by atoms with Crippen LogP contribution in [0.25, 0.3) is 0 Å². The zero-order valence-electron chi connectivity index (χ0n) is 5.87. The number of nitrogens with zero attached hydrogens (tertiary/aromatic N) is 1. The predicted octanol–water partition coefficient (Wildman–Crippen LogP) is -2.95. The first-order valence-corrected chi connectivity index (χ1v) is 3.61. The van der Waals surface area contributed by atoms with Gasteiger partial charge < -0.3 is 9.90 Å². The van der Waals surface area contributed by atoms with Crippen LogP contribution in [0.2, 0.25) is 0 Å². The molecule has 0 radical (unpaired) electrons. The van der Waals surface area contributed by atoms with E-state index in [1.165, 1.54) is 6.20 Å². The topological polar surface area (TPSA) is 53.0 Å². The molecule has 0 aliphatic rings. The molecule has 0 saturated heterocycles. The van der Waals surface area contributed by atoms with Gasteiger partial charge in [0.15, 0.2) is 0 Å². The zero-order chi connectivity index (χ0) is 7.56. The minimum Gasteiger partial charge on any atom is -0.543 e. The molecule has 0 aliphatic carbocycles. The van der Waals surface area contributed by atoms with E-state index in [0.29, 0.717) is 3.57 Å². The minimum atomic E-state index is -1.23. The Bertz CT molecular complexity index is 267. The van der Waals surface area contributed by atoms with Gasteiger partial charge in [-0.15, -0.1) is 0 Å². The van der Waals surface area contributed by atoms with Gasteiger partial charge >= 0.3 is 18.9 Å². The van der Waals surface area contributed by atoms with E-state index in [4.69, 9.17) is 0 Å². The van der Waals surface area contributed by atoms with Crippen molar-refractivity contribution in [2.24, 2.45) is 0 Å². The summed E-state index contributed by atoms with van der Waals surface area (Å²) in [5, 5.41) is 10.2. The molecule has 0 bridgehead atoms. The number of pyridine rings is 1. The molecule has 1 heterocycles. The van der Waals surface area contributed by atoms with E-state index in [1.807, 2.05) is 22.6 Å². The molecule has 5 heteroatoms. The van der Waals surface area contributed by atoms with E-state index in [2.05, 4.69) is 4.98 Å². The number of carbonyl (C=O) groups is 1. The van der Waals surface area contributed by atoms with Crippen LogP contribution in [0.15, 0.2) is 18.3 Å². The van der Waals surface area contributed by atoms with Gasteiger partial charge in [0.1, 0.15) is 0 Å². The summed E-state index contributed by atoms with van der Waals surface area (Å²) < 4.78 is 0.597. The first kappa shape index (κ1) is 10.9. The summed E-state index contributed by atoms with van der Waals surface area (Å²) in [6.07, 6.45) is 1.42. The Labute approximate surface area is 89.5 Å². The predicted molar refractivity (Wildman–Crippen MR) is 41.3 cm³/mol. The number of hydrogen-bond donors (Lipinski definition) is 0. The number of carbonyl (C=O) groups excluding carboxylic acids is 1. The quantitative estimate of drug-likeness (QED) is 0.398. The number of halogens is 1.